The predicted molar refractivity (Wildman–Crippen MR) is 116 cm³/mol. The van der Waals surface area contributed by atoms with Crippen LogP contribution in [0.1, 0.15) is 52.5 Å². The molecule has 3 rings (SSSR count). The minimum absolute atomic E-state index is 0.0519. The Labute approximate surface area is 170 Å². The molecule has 28 heavy (non-hydrogen) atoms. The molecule has 0 bridgehead atoms. The van der Waals surface area contributed by atoms with Gasteiger partial charge in [0.05, 0.1) is 5.76 Å². The summed E-state index contributed by atoms with van der Waals surface area (Å²) in [5, 5.41) is 0.0655. The maximum Gasteiger partial charge on any atom is 0.250 e. The zero-order valence-corrected chi connectivity index (χ0v) is 19.1. The molecule has 3 nitrogen and oxygen atoms in total. The van der Waals surface area contributed by atoms with Gasteiger partial charge in [0.25, 0.3) is 0 Å². The number of fused-ring (bicyclic) bond motifs is 1. The van der Waals surface area contributed by atoms with Crippen LogP contribution >= 0.6 is 0 Å². The van der Waals surface area contributed by atoms with Crippen molar-refractivity contribution in [3.63, 3.8) is 0 Å². The van der Waals surface area contributed by atoms with Crippen molar-refractivity contribution in [3.05, 3.63) is 59.4 Å². The van der Waals surface area contributed by atoms with Crippen molar-refractivity contribution >= 4 is 19.9 Å². The van der Waals surface area contributed by atoms with Crippen LogP contribution in [0.25, 0.3) is 0 Å². The lowest BCUT2D eigenvalue weighted by Gasteiger charge is -2.47. The fourth-order valence-electron chi connectivity index (χ4n) is 4.27. The van der Waals surface area contributed by atoms with Crippen molar-refractivity contribution < 1.29 is 14.0 Å². The maximum atomic E-state index is 13.2. The van der Waals surface area contributed by atoms with Gasteiger partial charge < -0.3 is 4.43 Å². The third-order valence-corrected chi connectivity index (χ3v) is 11.3. The summed E-state index contributed by atoms with van der Waals surface area (Å²) in [4.78, 5) is 26.3. The SMILES string of the molecule is CC1=CC(=O)[C@H]2[C@H](c3ccccc3)C=C(O[Si](C)(C)C(C)(C)C)C[C@]2(C)C1=O. The Hall–Kier alpha value is -1.94. The third kappa shape index (κ3) is 3.43. The van der Waals surface area contributed by atoms with Gasteiger partial charge in [-0.25, -0.2) is 0 Å². The van der Waals surface area contributed by atoms with E-state index in [9.17, 15) is 9.59 Å². The largest absolute Gasteiger partial charge is 0.547 e. The minimum Gasteiger partial charge on any atom is -0.547 e. The van der Waals surface area contributed by atoms with E-state index in [2.05, 4.69) is 39.9 Å². The van der Waals surface area contributed by atoms with Crippen molar-refractivity contribution in [2.45, 2.75) is 65.1 Å². The summed E-state index contributed by atoms with van der Waals surface area (Å²) in [6.07, 6.45) is 4.14. The first-order valence-electron chi connectivity index (χ1n) is 10.1. The summed E-state index contributed by atoms with van der Waals surface area (Å²) >= 11 is 0. The van der Waals surface area contributed by atoms with E-state index in [1.807, 2.05) is 37.3 Å². The molecule has 0 N–H and O–H groups in total. The Morgan fingerprint density at radius 1 is 1.11 bits per heavy atom. The molecule has 150 valence electrons. The summed E-state index contributed by atoms with van der Waals surface area (Å²) in [6.45, 7) is 14.8. The molecule has 0 saturated carbocycles. The van der Waals surface area contributed by atoms with Crippen LogP contribution in [-0.4, -0.2) is 19.9 Å². The van der Waals surface area contributed by atoms with E-state index in [1.165, 1.54) is 6.08 Å². The van der Waals surface area contributed by atoms with Crippen LogP contribution in [0, 0.1) is 11.3 Å². The third-order valence-electron chi connectivity index (χ3n) is 6.87. The summed E-state index contributed by atoms with van der Waals surface area (Å²) in [5.74, 6) is 0.465. The molecule has 2 aliphatic carbocycles. The van der Waals surface area contributed by atoms with Gasteiger partial charge in [-0.15, -0.1) is 0 Å². The fourth-order valence-corrected chi connectivity index (χ4v) is 5.37. The van der Waals surface area contributed by atoms with Gasteiger partial charge in [0.1, 0.15) is 0 Å². The molecule has 0 radical (unpaired) electrons. The Morgan fingerprint density at radius 2 is 1.71 bits per heavy atom. The smallest absolute Gasteiger partial charge is 0.250 e. The number of hydrogen-bond donors (Lipinski definition) is 0. The van der Waals surface area contributed by atoms with E-state index in [4.69, 9.17) is 4.43 Å². The molecule has 3 atom stereocenters. The molecule has 0 fully saturated rings. The van der Waals surface area contributed by atoms with E-state index >= 15 is 0 Å². The second kappa shape index (κ2) is 6.84. The predicted octanol–water partition coefficient (Wildman–Crippen LogP) is 5.80. The van der Waals surface area contributed by atoms with E-state index in [-0.39, 0.29) is 28.4 Å². The molecule has 0 heterocycles. The topological polar surface area (TPSA) is 43.4 Å². The zero-order valence-electron chi connectivity index (χ0n) is 18.1. The van der Waals surface area contributed by atoms with Crippen molar-refractivity contribution in [1.29, 1.82) is 0 Å². The van der Waals surface area contributed by atoms with E-state index < -0.39 is 13.7 Å². The van der Waals surface area contributed by atoms with E-state index in [0.29, 0.717) is 12.0 Å². The highest BCUT2D eigenvalue weighted by Crippen LogP contribution is 2.53. The summed E-state index contributed by atoms with van der Waals surface area (Å²) < 4.78 is 6.64. The van der Waals surface area contributed by atoms with Gasteiger partial charge in [-0.05, 0) is 48.3 Å². The van der Waals surface area contributed by atoms with Gasteiger partial charge in [-0.3, -0.25) is 9.59 Å². The summed E-state index contributed by atoms with van der Waals surface area (Å²) in [6, 6.07) is 10.0. The lowest BCUT2D eigenvalue weighted by Crippen LogP contribution is -2.50. The molecule has 0 spiro atoms. The number of carbonyl (C=O) groups is 2. The molecule has 0 aliphatic heterocycles. The summed E-state index contributed by atoms with van der Waals surface area (Å²) in [7, 11) is -2.05. The number of Topliss-reactive ketones (excluding diaryl/α,β-unsaturated/α-hetero) is 1. The van der Waals surface area contributed by atoms with E-state index in [1.54, 1.807) is 6.92 Å². The van der Waals surface area contributed by atoms with Crippen LogP contribution in [0.5, 0.6) is 0 Å². The van der Waals surface area contributed by atoms with Gasteiger partial charge in [0.15, 0.2) is 11.6 Å². The second-order valence-electron chi connectivity index (χ2n) is 10.1. The van der Waals surface area contributed by atoms with Gasteiger partial charge in [-0.1, -0.05) is 58.0 Å². The fraction of sp³-hybridized carbons (Fsp3) is 0.500. The highest BCUT2D eigenvalue weighted by molar-refractivity contribution is 6.74. The Morgan fingerprint density at radius 3 is 2.29 bits per heavy atom. The molecule has 2 aliphatic rings. The molecular weight excluding hydrogens is 364 g/mol. The maximum absolute atomic E-state index is 13.2. The number of benzene rings is 1. The molecule has 4 heteroatoms. The number of allylic oxidation sites excluding steroid dienone is 4. The first-order chi connectivity index (χ1) is 12.9. The lowest BCUT2D eigenvalue weighted by molar-refractivity contribution is -0.137. The summed E-state index contributed by atoms with van der Waals surface area (Å²) in [5.41, 5.74) is 0.857. The van der Waals surface area contributed by atoms with Crippen molar-refractivity contribution in [2.24, 2.45) is 11.3 Å². The number of carbonyl (C=O) groups excluding carboxylic acids is 2. The van der Waals surface area contributed by atoms with E-state index in [0.717, 1.165) is 11.3 Å². The van der Waals surface area contributed by atoms with Crippen molar-refractivity contribution in [2.75, 3.05) is 0 Å². The highest BCUT2D eigenvalue weighted by atomic mass is 28.4. The van der Waals surface area contributed by atoms with Crippen LogP contribution in [0.4, 0.5) is 0 Å². The zero-order chi connectivity index (χ0) is 20.9. The minimum atomic E-state index is -2.05. The normalized spacial score (nSPS) is 28.4. The van der Waals surface area contributed by atoms with Gasteiger partial charge >= 0.3 is 0 Å². The first-order valence-corrected chi connectivity index (χ1v) is 13.0. The van der Waals surface area contributed by atoms with Gasteiger partial charge in [-0.2, -0.15) is 0 Å². The molecule has 1 aromatic carbocycles. The number of rotatable bonds is 3. The highest BCUT2D eigenvalue weighted by Gasteiger charge is 2.54. The average molecular weight is 397 g/mol. The van der Waals surface area contributed by atoms with Gasteiger partial charge in [0.2, 0.25) is 8.32 Å². The number of hydrogen-bond acceptors (Lipinski definition) is 3. The second-order valence-corrected chi connectivity index (χ2v) is 14.8. The lowest BCUT2D eigenvalue weighted by atomic mass is 9.56. The molecule has 1 aromatic rings. The van der Waals surface area contributed by atoms with Crippen molar-refractivity contribution in [3.8, 4) is 0 Å². The Balaban J connectivity index is 2.12. The Bertz CT molecular complexity index is 858. The Kier molecular flexibility index (Phi) is 5.07. The van der Waals surface area contributed by atoms with Crippen LogP contribution < -0.4 is 0 Å². The monoisotopic (exact) mass is 396 g/mol. The molecule has 0 aromatic heterocycles. The van der Waals surface area contributed by atoms with Crippen LogP contribution in [0.2, 0.25) is 18.1 Å². The molecule has 0 amide bonds. The van der Waals surface area contributed by atoms with Crippen molar-refractivity contribution in [1.82, 2.24) is 0 Å². The van der Waals surface area contributed by atoms with Crippen LogP contribution in [-0.2, 0) is 14.0 Å². The molecule has 0 unspecified atom stereocenters. The van der Waals surface area contributed by atoms with Crippen LogP contribution in [0.3, 0.4) is 0 Å². The average Bonchev–Trinajstić information content (AvgIpc) is 2.58. The first kappa shape index (κ1) is 20.8. The number of ketones is 2. The molecule has 0 saturated heterocycles. The van der Waals surface area contributed by atoms with Crippen LogP contribution in [0.15, 0.2) is 53.8 Å². The molecular formula is C24H32O3Si. The standard InChI is InChI=1S/C24H32O3Si/c1-16-13-20(25)21-19(17-11-9-8-10-12-17)14-18(15-24(21,5)22(16)26)27-28(6,7)23(2,3)4/h8-14,19,21H,15H2,1-7H3/t19-,21+,24-/m0/s1. The quantitative estimate of drug-likeness (QED) is 0.606. The van der Waals surface area contributed by atoms with Gasteiger partial charge in [0, 0.05) is 23.7 Å².